The molecule has 2 saturated heterocycles. The van der Waals surface area contributed by atoms with Crippen molar-refractivity contribution >= 4 is 5.69 Å². The highest BCUT2D eigenvalue weighted by atomic mass is 15.2. The Morgan fingerprint density at radius 1 is 1.22 bits per heavy atom. The molecule has 3 rings (SSSR count). The summed E-state index contributed by atoms with van der Waals surface area (Å²) in [6.07, 6.45) is 2.19. The summed E-state index contributed by atoms with van der Waals surface area (Å²) in [7, 11) is 0. The number of nitrogens with zero attached hydrogens (tertiary/aromatic N) is 1. The van der Waals surface area contributed by atoms with Crippen LogP contribution in [0.3, 0.4) is 0 Å². The zero-order valence-corrected chi connectivity index (χ0v) is 10.9. The van der Waals surface area contributed by atoms with Gasteiger partial charge in [0.25, 0.3) is 0 Å². The van der Waals surface area contributed by atoms with Gasteiger partial charge in [0.15, 0.2) is 0 Å². The van der Waals surface area contributed by atoms with Crippen molar-refractivity contribution in [2.45, 2.75) is 12.8 Å². The maximum Gasteiger partial charge on any atom is 0.0369 e. The molecule has 2 heterocycles. The lowest BCUT2D eigenvalue weighted by molar-refractivity contribution is 0.533. The maximum atomic E-state index is 5.58. The minimum atomic E-state index is 0.782. The Morgan fingerprint density at radius 3 is 2.72 bits per heavy atom. The van der Waals surface area contributed by atoms with Gasteiger partial charge < -0.3 is 16.0 Å². The summed E-state index contributed by atoms with van der Waals surface area (Å²) in [5, 5.41) is 3.50. The predicted molar refractivity (Wildman–Crippen MR) is 75.9 cm³/mol. The number of benzene rings is 1. The predicted octanol–water partition coefficient (Wildman–Crippen LogP) is 1.23. The van der Waals surface area contributed by atoms with Gasteiger partial charge >= 0.3 is 0 Å². The number of hydrogen-bond donors (Lipinski definition) is 2. The summed E-state index contributed by atoms with van der Waals surface area (Å²) >= 11 is 0. The van der Waals surface area contributed by atoms with Crippen molar-refractivity contribution in [3.8, 4) is 0 Å². The van der Waals surface area contributed by atoms with Gasteiger partial charge in [0.05, 0.1) is 0 Å². The number of rotatable bonds is 4. The molecule has 0 amide bonds. The van der Waals surface area contributed by atoms with Crippen LogP contribution < -0.4 is 16.0 Å². The second-order valence-corrected chi connectivity index (χ2v) is 5.65. The summed E-state index contributed by atoms with van der Waals surface area (Å²) in [5.74, 6) is 1.72. The first kappa shape index (κ1) is 12.0. The standard InChI is InChI=1S/C15H23N3/c16-6-2-4-12-3-1-5-15(7-12)18-10-13-8-17-9-14(13)11-18/h1,3,5,7,13-14,17H,2,4,6,8-11,16H2. The van der Waals surface area contributed by atoms with E-state index in [1.165, 1.54) is 37.4 Å². The van der Waals surface area contributed by atoms with E-state index in [0.717, 1.165) is 31.2 Å². The summed E-state index contributed by atoms with van der Waals surface area (Å²) in [6, 6.07) is 9.01. The van der Waals surface area contributed by atoms with E-state index in [-0.39, 0.29) is 0 Å². The van der Waals surface area contributed by atoms with E-state index in [9.17, 15) is 0 Å². The smallest absolute Gasteiger partial charge is 0.0369 e. The SMILES string of the molecule is NCCCc1cccc(N2CC3CNCC3C2)c1. The Morgan fingerprint density at radius 2 is 2.00 bits per heavy atom. The van der Waals surface area contributed by atoms with Crippen molar-refractivity contribution in [3.63, 3.8) is 0 Å². The van der Waals surface area contributed by atoms with Gasteiger partial charge in [-0.3, -0.25) is 0 Å². The van der Waals surface area contributed by atoms with Crippen LogP contribution in [0.25, 0.3) is 0 Å². The molecule has 0 spiro atoms. The molecule has 0 radical (unpaired) electrons. The molecule has 2 aliphatic heterocycles. The molecule has 2 unspecified atom stereocenters. The molecule has 0 aromatic heterocycles. The van der Waals surface area contributed by atoms with Crippen LogP contribution in [0.2, 0.25) is 0 Å². The van der Waals surface area contributed by atoms with E-state index in [1.807, 2.05) is 0 Å². The zero-order chi connectivity index (χ0) is 12.4. The molecule has 0 bridgehead atoms. The molecule has 1 aromatic carbocycles. The Balaban J connectivity index is 1.69. The summed E-state index contributed by atoms with van der Waals surface area (Å²) in [5.41, 5.74) is 8.41. The molecule has 3 heteroatoms. The fourth-order valence-electron chi connectivity index (χ4n) is 3.28. The lowest BCUT2D eigenvalue weighted by atomic mass is 10.0. The zero-order valence-electron chi connectivity index (χ0n) is 10.9. The van der Waals surface area contributed by atoms with Crippen LogP contribution >= 0.6 is 0 Å². The van der Waals surface area contributed by atoms with Crippen molar-refractivity contribution < 1.29 is 0 Å². The fraction of sp³-hybridized carbons (Fsp3) is 0.600. The minimum absolute atomic E-state index is 0.782. The molecule has 2 fully saturated rings. The summed E-state index contributed by atoms with van der Waals surface area (Å²) in [4.78, 5) is 2.56. The van der Waals surface area contributed by atoms with Crippen molar-refractivity contribution in [1.29, 1.82) is 0 Å². The first-order valence-corrected chi connectivity index (χ1v) is 7.11. The van der Waals surface area contributed by atoms with Gasteiger partial charge in [0.2, 0.25) is 0 Å². The number of aryl methyl sites for hydroxylation is 1. The van der Waals surface area contributed by atoms with Crippen molar-refractivity contribution in [2.24, 2.45) is 17.6 Å². The first-order valence-electron chi connectivity index (χ1n) is 7.11. The summed E-state index contributed by atoms with van der Waals surface area (Å²) < 4.78 is 0. The maximum absolute atomic E-state index is 5.58. The third-order valence-corrected chi connectivity index (χ3v) is 4.33. The molecule has 3 N–H and O–H groups in total. The van der Waals surface area contributed by atoms with Crippen LogP contribution in [0.1, 0.15) is 12.0 Å². The van der Waals surface area contributed by atoms with Crippen LogP contribution in [0.15, 0.2) is 24.3 Å². The minimum Gasteiger partial charge on any atom is -0.371 e. The number of hydrogen-bond acceptors (Lipinski definition) is 3. The highest BCUT2D eigenvalue weighted by molar-refractivity contribution is 5.50. The van der Waals surface area contributed by atoms with Crippen molar-refractivity contribution in [3.05, 3.63) is 29.8 Å². The van der Waals surface area contributed by atoms with Gasteiger partial charge in [-0.1, -0.05) is 12.1 Å². The molecule has 0 aliphatic carbocycles. The Hall–Kier alpha value is -1.06. The largest absolute Gasteiger partial charge is 0.371 e. The van der Waals surface area contributed by atoms with Gasteiger partial charge in [-0.2, -0.15) is 0 Å². The van der Waals surface area contributed by atoms with Gasteiger partial charge in [-0.25, -0.2) is 0 Å². The van der Waals surface area contributed by atoms with E-state index >= 15 is 0 Å². The molecule has 0 saturated carbocycles. The Labute approximate surface area is 109 Å². The lowest BCUT2D eigenvalue weighted by Gasteiger charge is -2.20. The highest BCUT2D eigenvalue weighted by Crippen LogP contribution is 2.30. The van der Waals surface area contributed by atoms with Crippen molar-refractivity contribution in [1.82, 2.24) is 5.32 Å². The number of fused-ring (bicyclic) bond motifs is 1. The van der Waals surface area contributed by atoms with Crippen LogP contribution in [-0.2, 0) is 6.42 Å². The molecule has 98 valence electrons. The highest BCUT2D eigenvalue weighted by Gasteiger charge is 2.35. The average Bonchev–Trinajstić information content (AvgIpc) is 2.97. The number of anilines is 1. The third kappa shape index (κ3) is 2.38. The second-order valence-electron chi connectivity index (χ2n) is 5.65. The molecular formula is C15H23N3. The molecule has 2 atom stereocenters. The molecule has 2 aliphatic rings. The lowest BCUT2D eigenvalue weighted by Crippen LogP contribution is -2.25. The Kier molecular flexibility index (Phi) is 3.52. The number of nitrogens with two attached hydrogens (primary N) is 1. The van der Waals surface area contributed by atoms with Gasteiger partial charge in [0, 0.05) is 31.9 Å². The molecule has 18 heavy (non-hydrogen) atoms. The first-order chi connectivity index (χ1) is 8.86. The number of nitrogens with one attached hydrogen (secondary N) is 1. The van der Waals surface area contributed by atoms with Gasteiger partial charge in [-0.15, -0.1) is 0 Å². The van der Waals surface area contributed by atoms with E-state index in [1.54, 1.807) is 0 Å². The quantitative estimate of drug-likeness (QED) is 0.838. The van der Waals surface area contributed by atoms with Crippen LogP contribution in [0.5, 0.6) is 0 Å². The van der Waals surface area contributed by atoms with Crippen LogP contribution in [0, 0.1) is 11.8 Å². The van der Waals surface area contributed by atoms with Gasteiger partial charge in [-0.05, 0) is 48.9 Å². The molecule has 1 aromatic rings. The van der Waals surface area contributed by atoms with E-state index in [2.05, 4.69) is 34.5 Å². The molecule has 3 nitrogen and oxygen atoms in total. The van der Waals surface area contributed by atoms with E-state index in [4.69, 9.17) is 5.73 Å². The average molecular weight is 245 g/mol. The molecular weight excluding hydrogens is 222 g/mol. The van der Waals surface area contributed by atoms with E-state index in [0.29, 0.717) is 0 Å². The van der Waals surface area contributed by atoms with Crippen LogP contribution in [0.4, 0.5) is 5.69 Å². The monoisotopic (exact) mass is 245 g/mol. The van der Waals surface area contributed by atoms with Gasteiger partial charge in [0.1, 0.15) is 0 Å². The normalized spacial score (nSPS) is 26.6. The van der Waals surface area contributed by atoms with Crippen LogP contribution in [-0.4, -0.2) is 32.7 Å². The topological polar surface area (TPSA) is 41.3 Å². The Bertz CT molecular complexity index is 392. The second kappa shape index (κ2) is 5.29. The fourth-order valence-corrected chi connectivity index (χ4v) is 3.28. The van der Waals surface area contributed by atoms with E-state index < -0.39 is 0 Å². The third-order valence-electron chi connectivity index (χ3n) is 4.33. The summed E-state index contributed by atoms with van der Waals surface area (Å²) in [6.45, 7) is 5.63. The van der Waals surface area contributed by atoms with Crippen molar-refractivity contribution in [2.75, 3.05) is 37.6 Å².